The van der Waals surface area contributed by atoms with Gasteiger partial charge in [0.2, 0.25) is 8.32 Å². The second-order valence-corrected chi connectivity index (χ2v) is 16.4. The number of ether oxygens (including phenoxy) is 1. The Morgan fingerprint density at radius 1 is 1.10 bits per heavy atom. The number of fused-ring (bicyclic) bond motifs is 1. The monoisotopic (exact) mass is 468 g/mol. The van der Waals surface area contributed by atoms with Gasteiger partial charge in [0.05, 0.1) is 5.39 Å². The Bertz CT molecular complexity index is 885. The minimum atomic E-state index is -2.27. The van der Waals surface area contributed by atoms with Crippen molar-refractivity contribution in [1.82, 2.24) is 19.7 Å². The molecule has 3 heterocycles. The number of halogens is 1. The van der Waals surface area contributed by atoms with Gasteiger partial charge in [0, 0.05) is 5.25 Å². The fourth-order valence-electron chi connectivity index (χ4n) is 4.85. The van der Waals surface area contributed by atoms with Crippen molar-refractivity contribution in [1.29, 1.82) is 0 Å². The number of hydrogen-bond acceptors (Lipinski definition) is 7. The Morgan fingerprint density at radius 3 is 2.26 bits per heavy atom. The maximum atomic E-state index is 15.8. The molecule has 1 saturated heterocycles. The molecular formula is C21H35FN5O2SSi. The Hall–Kier alpha value is -1.23. The molecule has 173 valence electrons. The van der Waals surface area contributed by atoms with Crippen molar-refractivity contribution in [2.75, 3.05) is 5.73 Å². The summed E-state index contributed by atoms with van der Waals surface area (Å²) < 4.78 is 29.7. The fourth-order valence-corrected chi connectivity index (χ4v) is 11.2. The van der Waals surface area contributed by atoms with Crippen molar-refractivity contribution in [3.63, 3.8) is 0 Å². The summed E-state index contributed by atoms with van der Waals surface area (Å²) in [6, 6.07) is 0. The maximum Gasteiger partial charge on any atom is 0.201 e. The van der Waals surface area contributed by atoms with Crippen LogP contribution in [0.5, 0.6) is 0 Å². The van der Waals surface area contributed by atoms with E-state index in [0.717, 1.165) is 0 Å². The maximum absolute atomic E-state index is 15.8. The average Bonchev–Trinajstić information content (AvgIpc) is 3.19. The molecule has 1 unspecified atom stereocenters. The van der Waals surface area contributed by atoms with Crippen LogP contribution in [-0.4, -0.2) is 45.6 Å². The zero-order valence-electron chi connectivity index (χ0n) is 19.7. The van der Waals surface area contributed by atoms with E-state index in [2.05, 4.69) is 70.5 Å². The van der Waals surface area contributed by atoms with Crippen molar-refractivity contribution in [3.8, 4) is 0 Å². The van der Waals surface area contributed by atoms with Crippen LogP contribution in [-0.2, 0) is 9.16 Å². The Labute approximate surface area is 189 Å². The quantitative estimate of drug-likeness (QED) is 0.404. The molecule has 3 rings (SSSR count). The zero-order chi connectivity index (χ0) is 23.1. The van der Waals surface area contributed by atoms with Gasteiger partial charge in [-0.1, -0.05) is 55.4 Å². The van der Waals surface area contributed by atoms with E-state index in [0.29, 0.717) is 38.5 Å². The van der Waals surface area contributed by atoms with E-state index in [1.807, 2.05) is 0 Å². The van der Waals surface area contributed by atoms with Gasteiger partial charge in [-0.2, -0.15) is 5.10 Å². The number of anilines is 1. The van der Waals surface area contributed by atoms with E-state index >= 15 is 4.39 Å². The third-order valence-electron chi connectivity index (χ3n) is 6.06. The SMILES string of the molecule is CC(C)Sc1nn([C@@H]2O[CH][C@@H](O[Si](C(C)C)(C(C)C)C(C)C)C2F)c2ncnc(N)c12. The predicted octanol–water partition coefficient (Wildman–Crippen LogP) is 5.50. The molecule has 2 aromatic heterocycles. The van der Waals surface area contributed by atoms with Gasteiger partial charge in [0.25, 0.3) is 0 Å². The van der Waals surface area contributed by atoms with Crippen LogP contribution in [0.2, 0.25) is 16.6 Å². The van der Waals surface area contributed by atoms with E-state index in [1.54, 1.807) is 11.8 Å². The number of nitrogens with zero attached hydrogens (tertiary/aromatic N) is 4. The minimum absolute atomic E-state index is 0.272. The molecule has 3 atom stereocenters. The third-order valence-corrected chi connectivity index (χ3v) is 13.1. The van der Waals surface area contributed by atoms with Gasteiger partial charge in [-0.05, 0) is 16.6 Å². The molecule has 0 amide bonds. The van der Waals surface area contributed by atoms with Crippen LogP contribution < -0.4 is 5.73 Å². The van der Waals surface area contributed by atoms with Crippen LogP contribution >= 0.6 is 11.8 Å². The summed E-state index contributed by atoms with van der Waals surface area (Å²) in [5, 5.41) is 6.21. The van der Waals surface area contributed by atoms with Gasteiger partial charge in [0.1, 0.15) is 29.9 Å². The first kappa shape index (κ1) is 24.4. The zero-order valence-corrected chi connectivity index (χ0v) is 21.5. The molecule has 1 aliphatic heterocycles. The third kappa shape index (κ3) is 4.36. The lowest BCUT2D eigenvalue weighted by Crippen LogP contribution is -2.51. The molecule has 10 heteroatoms. The molecule has 0 aliphatic carbocycles. The normalized spacial score (nSPS) is 22.7. The van der Waals surface area contributed by atoms with Crippen molar-refractivity contribution >= 4 is 36.9 Å². The van der Waals surface area contributed by atoms with Crippen molar-refractivity contribution in [2.45, 2.75) is 101 Å². The number of nitrogens with two attached hydrogens (primary N) is 1. The second-order valence-electron chi connectivity index (χ2n) is 9.38. The summed E-state index contributed by atoms with van der Waals surface area (Å²) in [5.41, 5.74) is 7.62. The van der Waals surface area contributed by atoms with Crippen molar-refractivity contribution in [2.24, 2.45) is 0 Å². The van der Waals surface area contributed by atoms with Crippen LogP contribution in [0.3, 0.4) is 0 Å². The number of alkyl halides is 1. The van der Waals surface area contributed by atoms with Gasteiger partial charge in [-0.25, -0.2) is 19.0 Å². The highest BCUT2D eigenvalue weighted by Gasteiger charge is 2.51. The Balaban J connectivity index is 1.95. The predicted molar refractivity (Wildman–Crippen MR) is 126 cm³/mol. The Kier molecular flexibility index (Phi) is 7.34. The summed E-state index contributed by atoms with van der Waals surface area (Å²) >= 11 is 1.54. The van der Waals surface area contributed by atoms with Crippen molar-refractivity contribution in [3.05, 3.63) is 12.9 Å². The summed E-state index contributed by atoms with van der Waals surface area (Å²) in [7, 11) is -2.27. The molecule has 1 aliphatic rings. The summed E-state index contributed by atoms with van der Waals surface area (Å²) in [5.74, 6) is 0.329. The first-order valence-corrected chi connectivity index (χ1v) is 14.0. The minimum Gasteiger partial charge on any atom is -0.407 e. The summed E-state index contributed by atoms with van der Waals surface area (Å²) in [4.78, 5) is 8.43. The largest absolute Gasteiger partial charge is 0.407 e. The molecule has 0 aromatic carbocycles. The Morgan fingerprint density at radius 2 is 1.71 bits per heavy atom. The molecule has 2 aromatic rings. The molecule has 2 N–H and O–H groups in total. The topological polar surface area (TPSA) is 88.1 Å². The molecule has 0 spiro atoms. The van der Waals surface area contributed by atoms with Gasteiger partial charge >= 0.3 is 0 Å². The molecule has 0 bridgehead atoms. The van der Waals surface area contributed by atoms with Gasteiger partial charge in [0.15, 0.2) is 18.0 Å². The summed E-state index contributed by atoms with van der Waals surface area (Å²) in [6.07, 6.45) is -1.74. The van der Waals surface area contributed by atoms with Gasteiger partial charge < -0.3 is 14.9 Å². The summed E-state index contributed by atoms with van der Waals surface area (Å²) in [6.45, 7) is 18.7. The number of thioether (sulfide) groups is 1. The standard InChI is InChI=1S/C21H35FN5O2SSi/c1-11(2)30-20-16-18(23)24-10-25-19(16)27(26-20)21-17(22)15(9-28-21)29-31(12(3)4,13(5)6)14(7)8/h9-15,17,21H,1-8H3,(H2,23,24,25)/t15-,17?,21-/m1/s1. The van der Waals surface area contributed by atoms with E-state index in [4.69, 9.17) is 14.9 Å². The van der Waals surface area contributed by atoms with Gasteiger partial charge in [-0.15, -0.1) is 11.8 Å². The molecular weight excluding hydrogens is 433 g/mol. The molecule has 7 nitrogen and oxygen atoms in total. The van der Waals surface area contributed by atoms with Crippen LogP contribution in [0.15, 0.2) is 11.4 Å². The number of nitrogen functional groups attached to an aromatic ring is 1. The fraction of sp³-hybridized carbons (Fsp3) is 0.714. The van der Waals surface area contributed by atoms with E-state index in [9.17, 15) is 0 Å². The van der Waals surface area contributed by atoms with E-state index in [1.165, 1.54) is 17.6 Å². The molecule has 0 saturated carbocycles. The van der Waals surface area contributed by atoms with E-state index < -0.39 is 26.8 Å². The molecule has 1 radical (unpaired) electrons. The van der Waals surface area contributed by atoms with Crippen LogP contribution in [0.1, 0.15) is 61.6 Å². The number of aromatic nitrogens is 4. The second kappa shape index (κ2) is 9.33. The highest BCUT2D eigenvalue weighted by Crippen LogP contribution is 2.46. The average molecular weight is 469 g/mol. The number of rotatable bonds is 8. The lowest BCUT2D eigenvalue weighted by Gasteiger charge is -2.44. The lowest BCUT2D eigenvalue weighted by molar-refractivity contribution is 0.0293. The first-order valence-electron chi connectivity index (χ1n) is 11.0. The van der Waals surface area contributed by atoms with Gasteiger partial charge in [-0.3, -0.25) is 0 Å². The number of hydrogen-bond donors (Lipinski definition) is 1. The molecule has 1 fully saturated rings. The molecule has 31 heavy (non-hydrogen) atoms. The van der Waals surface area contributed by atoms with Crippen LogP contribution in [0.4, 0.5) is 10.2 Å². The van der Waals surface area contributed by atoms with Crippen molar-refractivity contribution < 1.29 is 13.6 Å². The highest BCUT2D eigenvalue weighted by molar-refractivity contribution is 8.00. The van der Waals surface area contributed by atoms with Crippen LogP contribution in [0.25, 0.3) is 11.0 Å². The first-order chi connectivity index (χ1) is 14.5. The van der Waals surface area contributed by atoms with Crippen LogP contribution in [0, 0.1) is 6.61 Å². The lowest BCUT2D eigenvalue weighted by atomic mass is 10.2. The van der Waals surface area contributed by atoms with E-state index in [-0.39, 0.29) is 5.25 Å². The highest BCUT2D eigenvalue weighted by atomic mass is 32.2. The smallest absolute Gasteiger partial charge is 0.201 e.